The number of aliphatic hydroxyl groups is 1. The number of aliphatic hydroxyl groups excluding tert-OH is 1. The van der Waals surface area contributed by atoms with Crippen molar-refractivity contribution in [3.05, 3.63) is 53.8 Å². The summed E-state index contributed by atoms with van der Waals surface area (Å²) < 4.78 is 18.6. The molecule has 1 atom stereocenters. The number of rotatable bonds is 4. The summed E-state index contributed by atoms with van der Waals surface area (Å²) in [5.41, 5.74) is 2.44. The Kier molecular flexibility index (Phi) is 4.17. The van der Waals surface area contributed by atoms with Crippen LogP contribution in [-0.4, -0.2) is 12.2 Å². The number of methoxy groups -OCH3 is 1. The average Bonchev–Trinajstić information content (AvgIpc) is 2.46. The van der Waals surface area contributed by atoms with Gasteiger partial charge in [-0.25, -0.2) is 4.39 Å². The lowest BCUT2D eigenvalue weighted by Gasteiger charge is -2.11. The molecular formula is C16H17FO2. The second kappa shape index (κ2) is 5.85. The summed E-state index contributed by atoms with van der Waals surface area (Å²) in [6.07, 6.45) is 0.214. The molecule has 0 saturated heterocycles. The Labute approximate surface area is 112 Å². The van der Waals surface area contributed by atoms with Crippen LogP contribution in [-0.2, 0) is 0 Å². The maximum absolute atomic E-state index is 13.3. The second-order valence-corrected chi connectivity index (χ2v) is 4.39. The van der Waals surface area contributed by atoms with Gasteiger partial charge in [0.05, 0.1) is 13.2 Å². The van der Waals surface area contributed by atoms with Crippen molar-refractivity contribution in [1.29, 1.82) is 0 Å². The lowest BCUT2D eigenvalue weighted by Crippen LogP contribution is -1.95. The molecule has 0 aliphatic carbocycles. The zero-order valence-corrected chi connectivity index (χ0v) is 11.1. The minimum atomic E-state index is -0.455. The van der Waals surface area contributed by atoms with Crippen molar-refractivity contribution in [2.45, 2.75) is 19.4 Å². The van der Waals surface area contributed by atoms with Crippen LogP contribution in [0.1, 0.15) is 25.0 Å². The molecule has 0 radical (unpaired) electrons. The van der Waals surface area contributed by atoms with E-state index in [9.17, 15) is 9.50 Å². The second-order valence-electron chi connectivity index (χ2n) is 4.39. The highest BCUT2D eigenvalue weighted by atomic mass is 19.1. The molecule has 0 saturated carbocycles. The zero-order valence-electron chi connectivity index (χ0n) is 11.1. The van der Waals surface area contributed by atoms with Crippen molar-refractivity contribution in [3.63, 3.8) is 0 Å². The normalized spacial score (nSPS) is 12.2. The summed E-state index contributed by atoms with van der Waals surface area (Å²) in [5, 5.41) is 9.75. The van der Waals surface area contributed by atoms with E-state index in [0.717, 1.165) is 11.1 Å². The largest absolute Gasteiger partial charge is 0.496 e. The third-order valence-electron chi connectivity index (χ3n) is 3.15. The van der Waals surface area contributed by atoms with Gasteiger partial charge in [0, 0.05) is 5.56 Å². The van der Waals surface area contributed by atoms with Crippen molar-refractivity contribution in [2.75, 3.05) is 7.11 Å². The fourth-order valence-corrected chi connectivity index (χ4v) is 2.03. The summed E-state index contributed by atoms with van der Waals surface area (Å²) in [6, 6.07) is 11.9. The topological polar surface area (TPSA) is 29.5 Å². The molecule has 0 aliphatic heterocycles. The Morgan fingerprint density at radius 2 is 1.84 bits per heavy atom. The van der Waals surface area contributed by atoms with Crippen molar-refractivity contribution in [2.24, 2.45) is 0 Å². The van der Waals surface area contributed by atoms with Gasteiger partial charge in [0.2, 0.25) is 0 Å². The van der Waals surface area contributed by atoms with E-state index in [1.807, 2.05) is 31.2 Å². The van der Waals surface area contributed by atoms with E-state index in [1.54, 1.807) is 13.2 Å². The summed E-state index contributed by atoms with van der Waals surface area (Å²) in [6.45, 7) is 1.92. The van der Waals surface area contributed by atoms with Crippen LogP contribution in [0.2, 0.25) is 0 Å². The highest BCUT2D eigenvalue weighted by molar-refractivity contribution is 5.70. The molecule has 0 aromatic heterocycles. The van der Waals surface area contributed by atoms with Gasteiger partial charge in [-0.05, 0) is 35.7 Å². The van der Waals surface area contributed by atoms with E-state index in [1.165, 1.54) is 12.1 Å². The Balaban J connectivity index is 2.39. The quantitative estimate of drug-likeness (QED) is 0.902. The molecular weight excluding hydrogens is 243 g/mol. The van der Waals surface area contributed by atoms with Crippen molar-refractivity contribution >= 4 is 0 Å². The fourth-order valence-electron chi connectivity index (χ4n) is 2.03. The van der Waals surface area contributed by atoms with E-state index in [4.69, 9.17) is 4.74 Å². The average molecular weight is 260 g/mol. The van der Waals surface area contributed by atoms with Gasteiger partial charge in [-0.3, -0.25) is 0 Å². The number of benzene rings is 2. The number of ether oxygens (including phenoxy) is 1. The minimum Gasteiger partial charge on any atom is -0.496 e. The molecule has 1 N–H and O–H groups in total. The predicted molar refractivity (Wildman–Crippen MR) is 73.6 cm³/mol. The summed E-state index contributed by atoms with van der Waals surface area (Å²) in [5.74, 6) is 0.332. The SMILES string of the molecule is CC[C@H](O)c1ccc(-c2cc(F)ccc2OC)cc1. The molecule has 0 bridgehead atoms. The van der Waals surface area contributed by atoms with Crippen LogP contribution < -0.4 is 4.74 Å². The molecule has 3 heteroatoms. The van der Waals surface area contributed by atoms with E-state index in [0.29, 0.717) is 17.7 Å². The minimum absolute atomic E-state index is 0.298. The Bertz CT molecular complexity index is 549. The van der Waals surface area contributed by atoms with Crippen LogP contribution in [0.15, 0.2) is 42.5 Å². The molecule has 0 spiro atoms. The van der Waals surface area contributed by atoms with E-state index < -0.39 is 6.10 Å². The molecule has 0 fully saturated rings. The maximum atomic E-state index is 13.3. The van der Waals surface area contributed by atoms with Gasteiger partial charge in [0.25, 0.3) is 0 Å². The third kappa shape index (κ3) is 2.93. The fraction of sp³-hybridized carbons (Fsp3) is 0.250. The highest BCUT2D eigenvalue weighted by Gasteiger charge is 2.09. The smallest absolute Gasteiger partial charge is 0.126 e. The molecule has 0 unspecified atom stereocenters. The molecule has 2 rings (SSSR count). The van der Waals surface area contributed by atoms with Gasteiger partial charge < -0.3 is 9.84 Å². The first kappa shape index (κ1) is 13.6. The number of hydrogen-bond acceptors (Lipinski definition) is 2. The Hall–Kier alpha value is -1.87. The first-order valence-corrected chi connectivity index (χ1v) is 6.27. The molecule has 0 amide bonds. The van der Waals surface area contributed by atoms with Gasteiger partial charge >= 0.3 is 0 Å². The van der Waals surface area contributed by atoms with Crippen LogP contribution in [0, 0.1) is 5.82 Å². The van der Waals surface area contributed by atoms with Crippen LogP contribution in [0.25, 0.3) is 11.1 Å². The summed E-state index contributed by atoms with van der Waals surface area (Å²) in [7, 11) is 1.56. The molecule has 2 nitrogen and oxygen atoms in total. The molecule has 2 aromatic rings. The van der Waals surface area contributed by atoms with E-state index in [2.05, 4.69) is 0 Å². The number of halogens is 1. The first-order valence-electron chi connectivity index (χ1n) is 6.27. The predicted octanol–water partition coefficient (Wildman–Crippen LogP) is 3.94. The van der Waals surface area contributed by atoms with Crippen molar-refractivity contribution in [3.8, 4) is 16.9 Å². The molecule has 0 heterocycles. The monoisotopic (exact) mass is 260 g/mol. The summed E-state index contributed by atoms with van der Waals surface area (Å²) >= 11 is 0. The van der Waals surface area contributed by atoms with Crippen molar-refractivity contribution in [1.82, 2.24) is 0 Å². The van der Waals surface area contributed by atoms with Crippen LogP contribution in [0.5, 0.6) is 5.75 Å². The van der Waals surface area contributed by atoms with Crippen LogP contribution in [0.3, 0.4) is 0 Å². The first-order chi connectivity index (χ1) is 9.15. The molecule has 19 heavy (non-hydrogen) atoms. The third-order valence-corrected chi connectivity index (χ3v) is 3.15. The zero-order chi connectivity index (χ0) is 13.8. The summed E-state index contributed by atoms with van der Waals surface area (Å²) in [4.78, 5) is 0. The molecule has 2 aromatic carbocycles. The Morgan fingerprint density at radius 3 is 2.42 bits per heavy atom. The van der Waals surface area contributed by atoms with Gasteiger partial charge in [0.15, 0.2) is 0 Å². The molecule has 100 valence electrons. The van der Waals surface area contributed by atoms with E-state index >= 15 is 0 Å². The standard InChI is InChI=1S/C16H17FO2/c1-3-15(18)12-6-4-11(5-7-12)14-10-13(17)8-9-16(14)19-2/h4-10,15,18H,3H2,1-2H3/t15-/m0/s1. The lowest BCUT2D eigenvalue weighted by atomic mass is 10.0. The molecule has 0 aliphatic rings. The van der Waals surface area contributed by atoms with Crippen molar-refractivity contribution < 1.29 is 14.2 Å². The van der Waals surface area contributed by atoms with Gasteiger partial charge in [-0.2, -0.15) is 0 Å². The Morgan fingerprint density at radius 1 is 1.16 bits per heavy atom. The van der Waals surface area contributed by atoms with E-state index in [-0.39, 0.29) is 5.82 Å². The highest BCUT2D eigenvalue weighted by Crippen LogP contribution is 2.31. The maximum Gasteiger partial charge on any atom is 0.126 e. The van der Waals surface area contributed by atoms with Gasteiger partial charge in [-0.15, -0.1) is 0 Å². The lowest BCUT2D eigenvalue weighted by molar-refractivity contribution is 0.173. The van der Waals surface area contributed by atoms with Gasteiger partial charge in [0.1, 0.15) is 11.6 Å². The van der Waals surface area contributed by atoms with Crippen LogP contribution in [0.4, 0.5) is 4.39 Å². The van der Waals surface area contributed by atoms with Gasteiger partial charge in [-0.1, -0.05) is 31.2 Å². The number of hydrogen-bond donors (Lipinski definition) is 1. The van der Waals surface area contributed by atoms with Crippen LogP contribution >= 0.6 is 0 Å².